The first-order valence-electron chi connectivity index (χ1n) is 7.38. The van der Waals surface area contributed by atoms with Crippen LogP contribution in [0.4, 0.5) is 0 Å². The third kappa shape index (κ3) is 2.71. The Morgan fingerprint density at radius 2 is 2.16 bits per heavy atom. The summed E-state index contributed by atoms with van der Waals surface area (Å²) in [4.78, 5) is 4.92. The fourth-order valence-corrected chi connectivity index (χ4v) is 3.94. The second-order valence-electron chi connectivity index (χ2n) is 6.33. The van der Waals surface area contributed by atoms with E-state index < -0.39 is 0 Å². The molecule has 1 aromatic heterocycles. The highest BCUT2D eigenvalue weighted by molar-refractivity contribution is 7.09. The molecule has 2 fully saturated rings. The van der Waals surface area contributed by atoms with Gasteiger partial charge in [-0.2, -0.15) is 0 Å². The van der Waals surface area contributed by atoms with Crippen LogP contribution in [0.1, 0.15) is 56.2 Å². The largest absolute Gasteiger partial charge is 0.382 e. The summed E-state index contributed by atoms with van der Waals surface area (Å²) in [6.07, 6.45) is 5.22. The minimum Gasteiger partial charge on any atom is -0.382 e. The zero-order valence-electron chi connectivity index (χ0n) is 12.1. The number of methoxy groups -OCH3 is 1. The van der Waals surface area contributed by atoms with Gasteiger partial charge in [0.25, 0.3) is 0 Å². The third-order valence-electron chi connectivity index (χ3n) is 4.18. The monoisotopic (exact) mass is 280 g/mol. The number of nitrogens with one attached hydrogen (secondary N) is 1. The summed E-state index contributed by atoms with van der Waals surface area (Å²) in [5.41, 5.74) is 1.20. The SMILES string of the molecule is COCC(NC1CC1)(c1nc(C(C)C)cs1)C1CC1. The Kier molecular flexibility index (Phi) is 3.67. The molecule has 0 spiro atoms. The molecule has 2 aliphatic rings. The van der Waals surface area contributed by atoms with Crippen LogP contribution in [0, 0.1) is 5.92 Å². The first kappa shape index (κ1) is 13.5. The van der Waals surface area contributed by atoms with E-state index in [1.54, 1.807) is 0 Å². The lowest BCUT2D eigenvalue weighted by Gasteiger charge is -2.33. The van der Waals surface area contributed by atoms with E-state index in [0.717, 1.165) is 6.61 Å². The number of hydrogen-bond donors (Lipinski definition) is 1. The number of aromatic nitrogens is 1. The van der Waals surface area contributed by atoms with Crippen molar-refractivity contribution in [2.75, 3.05) is 13.7 Å². The highest BCUT2D eigenvalue weighted by atomic mass is 32.1. The predicted molar refractivity (Wildman–Crippen MR) is 78.6 cm³/mol. The van der Waals surface area contributed by atoms with Crippen molar-refractivity contribution in [2.24, 2.45) is 5.92 Å². The van der Waals surface area contributed by atoms with E-state index in [0.29, 0.717) is 17.9 Å². The Hall–Kier alpha value is -0.450. The normalized spacial score (nSPS) is 22.7. The molecule has 1 heterocycles. The van der Waals surface area contributed by atoms with E-state index in [1.807, 2.05) is 18.4 Å². The second-order valence-corrected chi connectivity index (χ2v) is 7.19. The molecule has 4 heteroatoms. The molecule has 0 aromatic carbocycles. The average molecular weight is 280 g/mol. The van der Waals surface area contributed by atoms with Crippen molar-refractivity contribution in [3.8, 4) is 0 Å². The molecule has 3 rings (SSSR count). The van der Waals surface area contributed by atoms with Gasteiger partial charge in [-0.25, -0.2) is 4.98 Å². The number of rotatable bonds is 7. The molecule has 1 N–H and O–H groups in total. The van der Waals surface area contributed by atoms with Gasteiger partial charge in [-0.3, -0.25) is 0 Å². The minimum atomic E-state index is -0.0201. The maximum absolute atomic E-state index is 5.57. The fraction of sp³-hybridized carbons (Fsp3) is 0.800. The lowest BCUT2D eigenvalue weighted by Crippen LogP contribution is -2.49. The van der Waals surface area contributed by atoms with Gasteiger partial charge < -0.3 is 10.1 Å². The van der Waals surface area contributed by atoms with E-state index in [-0.39, 0.29) is 5.54 Å². The standard InChI is InChI=1S/C15H24N2OS/c1-10(2)13-8-19-14(16-13)15(9-18-3,11-4-5-11)17-12-6-7-12/h8,10-12,17H,4-7,9H2,1-3H3. The Balaban J connectivity index is 1.90. The van der Waals surface area contributed by atoms with Crippen LogP contribution in [-0.4, -0.2) is 24.7 Å². The first-order chi connectivity index (χ1) is 9.15. The van der Waals surface area contributed by atoms with Gasteiger partial charge in [0.15, 0.2) is 0 Å². The molecule has 0 amide bonds. The molecule has 0 aliphatic heterocycles. The molecule has 0 bridgehead atoms. The zero-order valence-corrected chi connectivity index (χ0v) is 12.9. The highest BCUT2D eigenvalue weighted by Crippen LogP contribution is 2.48. The molecule has 1 unspecified atom stereocenters. The summed E-state index contributed by atoms with van der Waals surface area (Å²) in [5, 5.41) is 7.33. The first-order valence-corrected chi connectivity index (χ1v) is 8.26. The third-order valence-corrected chi connectivity index (χ3v) is 5.22. The Bertz CT molecular complexity index is 437. The molecule has 19 heavy (non-hydrogen) atoms. The van der Waals surface area contributed by atoms with E-state index >= 15 is 0 Å². The van der Waals surface area contributed by atoms with Gasteiger partial charge in [0, 0.05) is 18.5 Å². The number of nitrogens with zero attached hydrogens (tertiary/aromatic N) is 1. The molecule has 0 saturated heterocycles. The maximum Gasteiger partial charge on any atom is 0.116 e. The summed E-state index contributed by atoms with van der Waals surface area (Å²) in [6.45, 7) is 5.17. The lowest BCUT2D eigenvalue weighted by molar-refractivity contribution is 0.0908. The van der Waals surface area contributed by atoms with E-state index in [4.69, 9.17) is 9.72 Å². The van der Waals surface area contributed by atoms with Crippen molar-refractivity contribution in [2.45, 2.75) is 57.0 Å². The number of thiazole rings is 1. The second kappa shape index (κ2) is 5.15. The lowest BCUT2D eigenvalue weighted by atomic mass is 9.94. The summed E-state index contributed by atoms with van der Waals surface area (Å²) >= 11 is 1.81. The summed E-state index contributed by atoms with van der Waals surface area (Å²) in [7, 11) is 1.81. The van der Waals surface area contributed by atoms with Gasteiger partial charge in [-0.15, -0.1) is 11.3 Å². The van der Waals surface area contributed by atoms with Crippen LogP contribution in [0.2, 0.25) is 0 Å². The molecule has 2 saturated carbocycles. The van der Waals surface area contributed by atoms with Crippen molar-refractivity contribution < 1.29 is 4.74 Å². The Morgan fingerprint density at radius 3 is 2.63 bits per heavy atom. The van der Waals surface area contributed by atoms with Crippen molar-refractivity contribution >= 4 is 11.3 Å². The van der Waals surface area contributed by atoms with Crippen LogP contribution in [0.15, 0.2) is 5.38 Å². The molecule has 3 nitrogen and oxygen atoms in total. The number of ether oxygens (including phenoxy) is 1. The van der Waals surface area contributed by atoms with E-state index in [9.17, 15) is 0 Å². The number of hydrogen-bond acceptors (Lipinski definition) is 4. The molecule has 1 aromatic rings. The average Bonchev–Trinajstić information content (AvgIpc) is 3.28. The van der Waals surface area contributed by atoms with Crippen molar-refractivity contribution in [1.29, 1.82) is 0 Å². The van der Waals surface area contributed by atoms with Gasteiger partial charge in [-0.1, -0.05) is 13.8 Å². The van der Waals surface area contributed by atoms with Gasteiger partial charge in [0.05, 0.1) is 17.8 Å². The summed E-state index contributed by atoms with van der Waals surface area (Å²) in [6, 6.07) is 0.683. The van der Waals surface area contributed by atoms with Crippen molar-refractivity contribution in [3.63, 3.8) is 0 Å². The topological polar surface area (TPSA) is 34.1 Å². The van der Waals surface area contributed by atoms with Crippen molar-refractivity contribution in [3.05, 3.63) is 16.1 Å². The van der Waals surface area contributed by atoms with Gasteiger partial charge in [0.1, 0.15) is 5.01 Å². The molecular weight excluding hydrogens is 256 g/mol. The quantitative estimate of drug-likeness (QED) is 0.832. The van der Waals surface area contributed by atoms with Gasteiger partial charge in [-0.05, 0) is 37.5 Å². The molecule has 106 valence electrons. The van der Waals surface area contributed by atoms with Crippen LogP contribution >= 0.6 is 11.3 Å². The molecule has 0 radical (unpaired) electrons. The zero-order chi connectivity index (χ0) is 13.5. The molecule has 1 atom stereocenters. The van der Waals surface area contributed by atoms with Gasteiger partial charge in [0.2, 0.25) is 0 Å². The van der Waals surface area contributed by atoms with Crippen LogP contribution in [0.3, 0.4) is 0 Å². The molecular formula is C15H24N2OS. The minimum absolute atomic E-state index is 0.0201. The Labute approximate surface area is 119 Å². The fourth-order valence-electron chi connectivity index (χ4n) is 2.73. The van der Waals surface area contributed by atoms with Crippen molar-refractivity contribution in [1.82, 2.24) is 10.3 Å². The van der Waals surface area contributed by atoms with Gasteiger partial charge >= 0.3 is 0 Å². The predicted octanol–water partition coefficient (Wildman–Crippen LogP) is 3.27. The van der Waals surface area contributed by atoms with Crippen LogP contribution in [0.25, 0.3) is 0 Å². The summed E-state index contributed by atoms with van der Waals surface area (Å²) in [5.74, 6) is 1.21. The van der Waals surface area contributed by atoms with E-state index in [1.165, 1.54) is 36.4 Å². The van der Waals surface area contributed by atoms with Crippen LogP contribution < -0.4 is 5.32 Å². The maximum atomic E-state index is 5.57. The summed E-state index contributed by atoms with van der Waals surface area (Å²) < 4.78 is 5.57. The smallest absolute Gasteiger partial charge is 0.116 e. The van der Waals surface area contributed by atoms with E-state index in [2.05, 4.69) is 24.5 Å². The molecule has 2 aliphatic carbocycles. The van der Waals surface area contributed by atoms with Crippen LogP contribution in [0.5, 0.6) is 0 Å². The highest BCUT2D eigenvalue weighted by Gasteiger charge is 2.50. The van der Waals surface area contributed by atoms with Crippen LogP contribution in [-0.2, 0) is 10.3 Å². The Morgan fingerprint density at radius 1 is 1.42 bits per heavy atom.